The number of para-hydroxylation sites is 1. The third-order valence-electron chi connectivity index (χ3n) is 5.05. The number of fused-ring (bicyclic) bond motifs is 2. The Balaban J connectivity index is 1.34. The van der Waals surface area contributed by atoms with Gasteiger partial charge in [0.1, 0.15) is 17.0 Å². The molecular formula is C21H16FN3O3S. The van der Waals surface area contributed by atoms with Crippen molar-refractivity contribution in [2.24, 2.45) is 0 Å². The van der Waals surface area contributed by atoms with Crippen molar-refractivity contribution in [3.63, 3.8) is 0 Å². The molecule has 0 spiro atoms. The van der Waals surface area contributed by atoms with Crippen LogP contribution in [0.25, 0.3) is 21.2 Å². The number of carbonyl (C=O) groups excluding carboxylic acids is 1. The molecule has 0 unspecified atom stereocenters. The standard InChI is InChI=1S/C21H16FN3O3S/c22-14-5-6-16-18(12-14)29-21(23-16)25-9-7-24(8-10-25)19(26)15-11-13-3-1-2-4-17(13)28-20(15)27/h1-6,11-12H,7-10H2. The molecule has 0 radical (unpaired) electrons. The van der Waals surface area contributed by atoms with Gasteiger partial charge in [0.2, 0.25) is 0 Å². The molecule has 0 N–H and O–H groups in total. The maximum atomic E-state index is 13.4. The van der Waals surface area contributed by atoms with Gasteiger partial charge in [-0.25, -0.2) is 14.2 Å². The van der Waals surface area contributed by atoms with Gasteiger partial charge in [-0.05, 0) is 30.3 Å². The molecule has 8 heteroatoms. The van der Waals surface area contributed by atoms with Crippen LogP contribution < -0.4 is 10.5 Å². The molecule has 3 heterocycles. The molecule has 4 aromatic rings. The molecule has 1 amide bonds. The van der Waals surface area contributed by atoms with Crippen molar-refractivity contribution < 1.29 is 13.6 Å². The van der Waals surface area contributed by atoms with E-state index >= 15 is 0 Å². The van der Waals surface area contributed by atoms with Crippen molar-refractivity contribution in [2.45, 2.75) is 0 Å². The minimum absolute atomic E-state index is 0.0487. The molecule has 2 aromatic heterocycles. The lowest BCUT2D eigenvalue weighted by Gasteiger charge is -2.34. The van der Waals surface area contributed by atoms with Crippen molar-refractivity contribution >= 4 is 43.6 Å². The molecule has 1 fully saturated rings. The smallest absolute Gasteiger partial charge is 0.349 e. The predicted molar refractivity (Wildman–Crippen MR) is 110 cm³/mol. The normalized spacial score (nSPS) is 14.7. The Morgan fingerprint density at radius 3 is 2.69 bits per heavy atom. The van der Waals surface area contributed by atoms with Gasteiger partial charge in [-0.3, -0.25) is 4.79 Å². The van der Waals surface area contributed by atoms with Crippen LogP contribution >= 0.6 is 11.3 Å². The second-order valence-electron chi connectivity index (χ2n) is 6.87. The second kappa shape index (κ2) is 6.97. The number of halogens is 1. The van der Waals surface area contributed by atoms with E-state index in [-0.39, 0.29) is 17.3 Å². The molecular weight excluding hydrogens is 393 g/mol. The van der Waals surface area contributed by atoms with Crippen molar-refractivity contribution in [3.8, 4) is 0 Å². The SMILES string of the molecule is O=C(c1cc2ccccc2oc1=O)N1CCN(c2nc3ccc(F)cc3s2)CC1. The zero-order chi connectivity index (χ0) is 20.0. The Morgan fingerprint density at radius 2 is 1.86 bits per heavy atom. The summed E-state index contributed by atoms with van der Waals surface area (Å²) in [5.41, 5.74) is 0.654. The fraction of sp³-hybridized carbons (Fsp3) is 0.190. The lowest BCUT2D eigenvalue weighted by Crippen LogP contribution is -2.49. The number of carbonyl (C=O) groups is 1. The number of anilines is 1. The van der Waals surface area contributed by atoms with Gasteiger partial charge in [-0.1, -0.05) is 29.5 Å². The van der Waals surface area contributed by atoms with E-state index in [0.29, 0.717) is 31.8 Å². The number of amides is 1. The third kappa shape index (κ3) is 3.25. The largest absolute Gasteiger partial charge is 0.422 e. The number of thiazole rings is 1. The first-order valence-electron chi connectivity index (χ1n) is 9.22. The monoisotopic (exact) mass is 409 g/mol. The summed E-state index contributed by atoms with van der Waals surface area (Å²) in [7, 11) is 0. The molecule has 29 heavy (non-hydrogen) atoms. The number of benzene rings is 2. The summed E-state index contributed by atoms with van der Waals surface area (Å²) in [6, 6.07) is 13.3. The van der Waals surface area contributed by atoms with Crippen LogP contribution in [-0.2, 0) is 0 Å². The van der Waals surface area contributed by atoms with Gasteiger partial charge in [-0.2, -0.15) is 0 Å². The molecule has 0 bridgehead atoms. The summed E-state index contributed by atoms with van der Waals surface area (Å²) in [4.78, 5) is 33.4. The number of hydrogen-bond donors (Lipinski definition) is 0. The van der Waals surface area contributed by atoms with E-state index < -0.39 is 5.63 Å². The van der Waals surface area contributed by atoms with E-state index in [1.807, 2.05) is 12.1 Å². The topological polar surface area (TPSA) is 66.7 Å². The number of piperazine rings is 1. The molecule has 1 aliphatic rings. The maximum absolute atomic E-state index is 13.4. The van der Waals surface area contributed by atoms with Crippen LogP contribution in [0.1, 0.15) is 10.4 Å². The Labute approximate surface area is 168 Å². The first-order chi connectivity index (χ1) is 14.1. The van der Waals surface area contributed by atoms with Crippen molar-refractivity contribution in [1.82, 2.24) is 9.88 Å². The van der Waals surface area contributed by atoms with Gasteiger partial charge in [0, 0.05) is 31.6 Å². The van der Waals surface area contributed by atoms with E-state index in [0.717, 1.165) is 20.7 Å². The van der Waals surface area contributed by atoms with E-state index in [2.05, 4.69) is 9.88 Å². The molecule has 5 rings (SSSR count). The average molecular weight is 409 g/mol. The quantitative estimate of drug-likeness (QED) is 0.474. The average Bonchev–Trinajstić information content (AvgIpc) is 3.16. The van der Waals surface area contributed by atoms with Gasteiger partial charge in [0.05, 0.1) is 10.2 Å². The minimum atomic E-state index is -0.621. The van der Waals surface area contributed by atoms with Crippen LogP contribution in [0, 0.1) is 5.82 Å². The van der Waals surface area contributed by atoms with E-state index in [1.165, 1.54) is 23.5 Å². The number of aromatic nitrogens is 1. The van der Waals surface area contributed by atoms with E-state index in [9.17, 15) is 14.0 Å². The van der Waals surface area contributed by atoms with Gasteiger partial charge in [0.15, 0.2) is 5.13 Å². The van der Waals surface area contributed by atoms with Crippen molar-refractivity contribution in [3.05, 3.63) is 70.3 Å². The van der Waals surface area contributed by atoms with Crippen LogP contribution in [0.4, 0.5) is 9.52 Å². The lowest BCUT2D eigenvalue weighted by atomic mass is 10.1. The Bertz CT molecular complexity index is 1290. The zero-order valence-electron chi connectivity index (χ0n) is 15.3. The Morgan fingerprint density at radius 1 is 1.07 bits per heavy atom. The maximum Gasteiger partial charge on any atom is 0.349 e. The Hall–Kier alpha value is -3.26. The summed E-state index contributed by atoms with van der Waals surface area (Å²) >= 11 is 1.43. The molecule has 0 atom stereocenters. The highest BCUT2D eigenvalue weighted by Crippen LogP contribution is 2.30. The summed E-state index contributed by atoms with van der Waals surface area (Å²) < 4.78 is 19.5. The van der Waals surface area contributed by atoms with Crippen molar-refractivity contribution in [1.29, 1.82) is 0 Å². The lowest BCUT2D eigenvalue weighted by molar-refractivity contribution is 0.0742. The summed E-state index contributed by atoms with van der Waals surface area (Å²) in [6.07, 6.45) is 0. The second-order valence-corrected chi connectivity index (χ2v) is 7.88. The van der Waals surface area contributed by atoms with Crippen molar-refractivity contribution in [2.75, 3.05) is 31.1 Å². The predicted octanol–water partition coefficient (Wildman–Crippen LogP) is 3.50. The van der Waals surface area contributed by atoms with Gasteiger partial charge in [-0.15, -0.1) is 0 Å². The fourth-order valence-corrected chi connectivity index (χ4v) is 4.55. The first kappa shape index (κ1) is 17.8. The van der Waals surface area contributed by atoms with Gasteiger partial charge >= 0.3 is 5.63 Å². The summed E-state index contributed by atoms with van der Waals surface area (Å²) in [6.45, 7) is 2.12. The van der Waals surface area contributed by atoms with Crippen LogP contribution in [0.3, 0.4) is 0 Å². The molecule has 1 saturated heterocycles. The van der Waals surface area contributed by atoms with Crippen LogP contribution in [0.2, 0.25) is 0 Å². The molecule has 0 aliphatic carbocycles. The first-order valence-corrected chi connectivity index (χ1v) is 10.0. The number of hydrogen-bond acceptors (Lipinski definition) is 6. The molecule has 6 nitrogen and oxygen atoms in total. The van der Waals surface area contributed by atoms with E-state index in [4.69, 9.17) is 4.42 Å². The highest BCUT2D eigenvalue weighted by atomic mass is 32.1. The molecule has 1 aliphatic heterocycles. The molecule has 146 valence electrons. The van der Waals surface area contributed by atoms with Crippen LogP contribution in [-0.4, -0.2) is 42.0 Å². The summed E-state index contributed by atoms with van der Waals surface area (Å²) in [5.74, 6) is -0.604. The third-order valence-corrected chi connectivity index (χ3v) is 6.13. The molecule has 2 aromatic carbocycles. The molecule has 0 saturated carbocycles. The van der Waals surface area contributed by atoms with Crippen LogP contribution in [0.5, 0.6) is 0 Å². The number of rotatable bonds is 2. The van der Waals surface area contributed by atoms with Crippen LogP contribution in [0.15, 0.2) is 57.7 Å². The van der Waals surface area contributed by atoms with Gasteiger partial charge in [0.25, 0.3) is 5.91 Å². The van der Waals surface area contributed by atoms with E-state index in [1.54, 1.807) is 29.2 Å². The zero-order valence-corrected chi connectivity index (χ0v) is 16.1. The Kier molecular flexibility index (Phi) is 4.28. The summed E-state index contributed by atoms with van der Waals surface area (Å²) in [5, 5.41) is 1.53. The highest BCUT2D eigenvalue weighted by Gasteiger charge is 2.26. The highest BCUT2D eigenvalue weighted by molar-refractivity contribution is 7.22. The van der Waals surface area contributed by atoms with Gasteiger partial charge < -0.3 is 14.2 Å². The fourth-order valence-electron chi connectivity index (χ4n) is 3.50. The minimum Gasteiger partial charge on any atom is -0.422 e. The number of nitrogens with zero attached hydrogens (tertiary/aromatic N) is 3.